The quantitative estimate of drug-likeness (QED) is 0.650. The van der Waals surface area contributed by atoms with Gasteiger partial charge in [-0.2, -0.15) is 0 Å². The number of carbonyl (C=O) groups is 1. The van der Waals surface area contributed by atoms with E-state index in [0.717, 1.165) is 36.3 Å². The molecule has 2 rings (SSSR count). The van der Waals surface area contributed by atoms with Crippen molar-refractivity contribution in [2.24, 2.45) is 5.92 Å². The molecule has 3 nitrogen and oxygen atoms in total. The summed E-state index contributed by atoms with van der Waals surface area (Å²) in [5, 5.41) is 8.99. The Hall–Kier alpha value is -1.16. The fourth-order valence-electron chi connectivity index (χ4n) is 2.66. The van der Waals surface area contributed by atoms with Crippen LogP contribution in [-0.2, 0) is 4.79 Å². The van der Waals surface area contributed by atoms with Crippen molar-refractivity contribution in [3.63, 3.8) is 0 Å². The van der Waals surface area contributed by atoms with Gasteiger partial charge in [-0.3, -0.25) is 4.79 Å². The van der Waals surface area contributed by atoms with E-state index in [9.17, 15) is 4.79 Å². The minimum absolute atomic E-state index is 0.143. The van der Waals surface area contributed by atoms with Crippen molar-refractivity contribution in [2.45, 2.75) is 36.5 Å². The highest BCUT2D eigenvalue weighted by Gasteiger charge is 2.26. The lowest BCUT2D eigenvalue weighted by Gasteiger charge is -2.26. The molecule has 3 N–H and O–H groups in total. The molecule has 0 atom stereocenters. The van der Waals surface area contributed by atoms with Crippen molar-refractivity contribution >= 4 is 23.4 Å². The van der Waals surface area contributed by atoms with Gasteiger partial charge in [0, 0.05) is 10.6 Å². The summed E-state index contributed by atoms with van der Waals surface area (Å²) in [6.07, 6.45) is 5.54. The van der Waals surface area contributed by atoms with Crippen LogP contribution in [0.2, 0.25) is 0 Å². The van der Waals surface area contributed by atoms with E-state index >= 15 is 0 Å². The number of anilines is 1. The minimum Gasteiger partial charge on any atom is -0.481 e. The predicted octanol–water partition coefficient (Wildman–Crippen LogP) is 3.35. The molecule has 0 radical (unpaired) electrons. The highest BCUT2D eigenvalue weighted by Crippen LogP contribution is 2.37. The Balaban J connectivity index is 2.07. The molecule has 1 aromatic carbocycles. The fourth-order valence-corrected chi connectivity index (χ4v) is 3.21. The lowest BCUT2D eigenvalue weighted by Crippen LogP contribution is -2.20. The van der Waals surface area contributed by atoms with Gasteiger partial charge in [0.2, 0.25) is 0 Å². The van der Waals surface area contributed by atoms with E-state index in [1.54, 1.807) is 11.8 Å². The molecule has 0 aliphatic heterocycles. The van der Waals surface area contributed by atoms with Crippen LogP contribution < -0.4 is 5.73 Å². The van der Waals surface area contributed by atoms with Crippen LogP contribution in [0, 0.1) is 5.92 Å². The van der Waals surface area contributed by atoms with Gasteiger partial charge in [-0.25, -0.2) is 0 Å². The number of hydrogen-bond donors (Lipinski definition) is 2. The van der Waals surface area contributed by atoms with Crippen molar-refractivity contribution in [1.82, 2.24) is 0 Å². The summed E-state index contributed by atoms with van der Waals surface area (Å²) in [6.45, 7) is 0. The lowest BCUT2D eigenvalue weighted by atomic mass is 9.79. The molecule has 0 amide bonds. The fraction of sp³-hybridized carbons (Fsp3) is 0.500. The first-order valence-electron chi connectivity index (χ1n) is 6.28. The number of rotatable bonds is 3. The highest BCUT2D eigenvalue weighted by molar-refractivity contribution is 7.98. The van der Waals surface area contributed by atoms with Crippen molar-refractivity contribution in [3.8, 4) is 0 Å². The number of nitrogens with two attached hydrogens (primary N) is 1. The summed E-state index contributed by atoms with van der Waals surface area (Å²) in [5.41, 5.74) is 8.02. The molecule has 1 saturated carbocycles. The van der Waals surface area contributed by atoms with Crippen LogP contribution in [0.3, 0.4) is 0 Å². The molecule has 0 bridgehead atoms. The molecule has 0 heterocycles. The molecule has 1 aliphatic rings. The molecule has 1 fully saturated rings. The van der Waals surface area contributed by atoms with E-state index in [-0.39, 0.29) is 5.92 Å². The number of thioether (sulfide) groups is 1. The molecule has 0 unspecified atom stereocenters. The summed E-state index contributed by atoms with van der Waals surface area (Å²) in [7, 11) is 0. The van der Waals surface area contributed by atoms with E-state index < -0.39 is 5.97 Å². The summed E-state index contributed by atoms with van der Waals surface area (Å²) in [5.74, 6) is -0.294. The van der Waals surface area contributed by atoms with Crippen LogP contribution in [-0.4, -0.2) is 17.3 Å². The van der Waals surface area contributed by atoms with Gasteiger partial charge < -0.3 is 10.8 Å². The van der Waals surface area contributed by atoms with Crippen LogP contribution in [0.15, 0.2) is 23.1 Å². The average Bonchev–Trinajstić information content (AvgIpc) is 2.39. The van der Waals surface area contributed by atoms with Crippen LogP contribution in [0.4, 0.5) is 5.69 Å². The monoisotopic (exact) mass is 265 g/mol. The molecule has 18 heavy (non-hydrogen) atoms. The normalized spacial score (nSPS) is 23.8. The maximum Gasteiger partial charge on any atom is 0.306 e. The van der Waals surface area contributed by atoms with Crippen LogP contribution >= 0.6 is 11.8 Å². The van der Waals surface area contributed by atoms with Crippen molar-refractivity contribution < 1.29 is 9.90 Å². The minimum atomic E-state index is -0.643. The SMILES string of the molecule is CSc1cc(C2CCC(C(=O)O)CC2)ccc1N. The van der Waals surface area contributed by atoms with Gasteiger partial charge in [0.15, 0.2) is 0 Å². The van der Waals surface area contributed by atoms with Crippen LogP contribution in [0.5, 0.6) is 0 Å². The Kier molecular flexibility index (Phi) is 4.17. The lowest BCUT2D eigenvalue weighted by molar-refractivity contribution is -0.142. The van der Waals surface area contributed by atoms with E-state index in [4.69, 9.17) is 10.8 Å². The average molecular weight is 265 g/mol. The third-order valence-electron chi connectivity index (χ3n) is 3.81. The van der Waals surface area contributed by atoms with Gasteiger partial charge in [0.05, 0.1) is 5.92 Å². The second-order valence-electron chi connectivity index (χ2n) is 4.89. The van der Waals surface area contributed by atoms with Gasteiger partial charge in [-0.15, -0.1) is 11.8 Å². The third-order valence-corrected chi connectivity index (χ3v) is 4.60. The van der Waals surface area contributed by atoms with Crippen LogP contribution in [0.1, 0.15) is 37.2 Å². The number of nitrogen functional groups attached to an aromatic ring is 1. The third kappa shape index (κ3) is 2.80. The van der Waals surface area contributed by atoms with Gasteiger partial charge in [-0.1, -0.05) is 6.07 Å². The number of benzene rings is 1. The van der Waals surface area contributed by atoms with E-state index in [2.05, 4.69) is 12.1 Å². The first-order valence-corrected chi connectivity index (χ1v) is 7.50. The smallest absolute Gasteiger partial charge is 0.306 e. The molecular weight excluding hydrogens is 246 g/mol. The summed E-state index contributed by atoms with van der Waals surface area (Å²) < 4.78 is 0. The zero-order valence-electron chi connectivity index (χ0n) is 10.6. The largest absolute Gasteiger partial charge is 0.481 e. The van der Waals surface area contributed by atoms with Gasteiger partial charge in [0.1, 0.15) is 0 Å². The Morgan fingerprint density at radius 3 is 2.56 bits per heavy atom. The second-order valence-corrected chi connectivity index (χ2v) is 5.74. The molecule has 98 valence electrons. The number of hydrogen-bond acceptors (Lipinski definition) is 3. The maximum atomic E-state index is 10.9. The number of carboxylic acid groups (broad SMARTS) is 1. The first-order chi connectivity index (χ1) is 8.61. The first kappa shape index (κ1) is 13.3. The Labute approximate surface area is 112 Å². The highest BCUT2D eigenvalue weighted by atomic mass is 32.2. The van der Waals surface area contributed by atoms with Crippen molar-refractivity contribution in [3.05, 3.63) is 23.8 Å². The molecule has 0 saturated heterocycles. The summed E-state index contributed by atoms with van der Waals surface area (Å²) in [4.78, 5) is 12.0. The number of aliphatic carboxylic acids is 1. The Morgan fingerprint density at radius 2 is 2.00 bits per heavy atom. The number of carboxylic acids is 1. The Bertz CT molecular complexity index is 439. The molecule has 1 aromatic rings. The zero-order valence-corrected chi connectivity index (χ0v) is 11.4. The van der Waals surface area contributed by atoms with Gasteiger partial charge >= 0.3 is 5.97 Å². The summed E-state index contributed by atoms with van der Waals surface area (Å²) >= 11 is 1.66. The molecular formula is C14H19NO2S. The van der Waals surface area contributed by atoms with Crippen molar-refractivity contribution in [2.75, 3.05) is 12.0 Å². The van der Waals surface area contributed by atoms with E-state index in [1.807, 2.05) is 12.3 Å². The topological polar surface area (TPSA) is 63.3 Å². The molecule has 0 aromatic heterocycles. The molecule has 4 heteroatoms. The van der Waals surface area contributed by atoms with E-state index in [0.29, 0.717) is 5.92 Å². The van der Waals surface area contributed by atoms with Crippen LogP contribution in [0.25, 0.3) is 0 Å². The Morgan fingerprint density at radius 1 is 1.33 bits per heavy atom. The molecule has 1 aliphatic carbocycles. The van der Waals surface area contributed by atoms with Gasteiger partial charge in [-0.05, 0) is 55.6 Å². The maximum absolute atomic E-state index is 10.9. The zero-order chi connectivity index (χ0) is 13.1. The van der Waals surface area contributed by atoms with Gasteiger partial charge in [0.25, 0.3) is 0 Å². The van der Waals surface area contributed by atoms with Crippen molar-refractivity contribution in [1.29, 1.82) is 0 Å². The molecule has 0 spiro atoms. The second kappa shape index (κ2) is 5.65. The standard InChI is InChI=1S/C14H19NO2S/c1-18-13-8-11(6-7-12(13)15)9-2-4-10(5-3-9)14(16)17/h6-10H,2-5,15H2,1H3,(H,16,17). The summed E-state index contributed by atoms with van der Waals surface area (Å²) in [6, 6.07) is 6.21. The predicted molar refractivity (Wildman–Crippen MR) is 75.0 cm³/mol. The van der Waals surface area contributed by atoms with E-state index in [1.165, 1.54) is 5.56 Å².